The highest BCUT2D eigenvalue weighted by molar-refractivity contribution is 7.86. The molecule has 0 rings (SSSR count). The summed E-state index contributed by atoms with van der Waals surface area (Å²) in [4.78, 5) is 0. The summed E-state index contributed by atoms with van der Waals surface area (Å²) in [5.41, 5.74) is 0. The van der Waals surface area contributed by atoms with Gasteiger partial charge in [0.2, 0.25) is 0 Å². The fourth-order valence-corrected chi connectivity index (χ4v) is 1.72. The van der Waals surface area contributed by atoms with E-state index < -0.39 is 15.4 Å². The van der Waals surface area contributed by atoms with Gasteiger partial charge in [0.25, 0.3) is 10.1 Å². The van der Waals surface area contributed by atoms with E-state index in [0.717, 1.165) is 6.42 Å². The maximum Gasteiger partial charge on any atom is 0.270 e. The minimum Gasteiger partial charge on any atom is -0.394 e. The van der Waals surface area contributed by atoms with Crippen LogP contribution in [0.4, 0.5) is 0 Å². The lowest BCUT2D eigenvalue weighted by Crippen LogP contribution is -2.28. The Morgan fingerprint density at radius 1 is 1.19 bits per heavy atom. The van der Waals surface area contributed by atoms with E-state index in [9.17, 15) is 8.42 Å². The fourth-order valence-electron chi connectivity index (χ4n) is 1.06. The molecule has 1 unspecified atom stereocenters. The normalized spacial score (nSPS) is 13.9. The van der Waals surface area contributed by atoms with Crippen molar-refractivity contribution in [2.75, 3.05) is 33.0 Å². The van der Waals surface area contributed by atoms with Gasteiger partial charge in [0.05, 0.1) is 19.8 Å². The van der Waals surface area contributed by atoms with E-state index in [4.69, 9.17) is 19.1 Å². The van der Waals surface area contributed by atoms with Crippen LogP contribution in [-0.2, 0) is 19.6 Å². The zero-order valence-electron chi connectivity index (χ0n) is 9.46. The van der Waals surface area contributed by atoms with Crippen molar-refractivity contribution in [3.63, 3.8) is 0 Å². The van der Waals surface area contributed by atoms with Crippen molar-refractivity contribution < 1.29 is 27.6 Å². The lowest BCUT2D eigenvalue weighted by molar-refractivity contribution is 0.0796. The minimum absolute atomic E-state index is 0.0574. The molecule has 16 heavy (non-hydrogen) atoms. The summed E-state index contributed by atoms with van der Waals surface area (Å²) in [5.74, 6) is 0. The van der Waals surface area contributed by atoms with Gasteiger partial charge in [-0.2, -0.15) is 8.42 Å². The summed E-state index contributed by atoms with van der Waals surface area (Å²) in [7, 11) is -4.12. The van der Waals surface area contributed by atoms with Crippen molar-refractivity contribution in [2.45, 2.75) is 25.0 Å². The van der Waals surface area contributed by atoms with Crippen LogP contribution >= 0.6 is 0 Å². The summed E-state index contributed by atoms with van der Waals surface area (Å²) in [6.45, 7) is 2.53. The van der Waals surface area contributed by atoms with Gasteiger partial charge in [-0.15, -0.1) is 0 Å². The van der Waals surface area contributed by atoms with E-state index in [1.165, 1.54) is 0 Å². The molecule has 6 nitrogen and oxygen atoms in total. The molecule has 0 aliphatic carbocycles. The number of rotatable bonds is 10. The molecule has 0 bridgehead atoms. The summed E-state index contributed by atoms with van der Waals surface area (Å²) < 4.78 is 40.8. The molecule has 0 amide bonds. The Kier molecular flexibility index (Phi) is 8.77. The summed E-state index contributed by atoms with van der Waals surface area (Å²) in [6.07, 6.45) is 1.04. The van der Waals surface area contributed by atoms with Gasteiger partial charge in [-0.25, -0.2) is 0 Å². The number of aliphatic hydroxyl groups is 1. The van der Waals surface area contributed by atoms with Crippen LogP contribution in [0.25, 0.3) is 0 Å². The predicted octanol–water partition coefficient (Wildman–Crippen LogP) is 0.0684. The monoisotopic (exact) mass is 256 g/mol. The van der Waals surface area contributed by atoms with Crippen LogP contribution in [0.5, 0.6) is 0 Å². The topological polar surface area (TPSA) is 93.1 Å². The molecule has 0 aliphatic heterocycles. The molecule has 1 atom stereocenters. The molecule has 0 saturated carbocycles. The van der Waals surface area contributed by atoms with Gasteiger partial charge >= 0.3 is 0 Å². The second-order valence-corrected chi connectivity index (χ2v) is 5.03. The molecule has 0 radical (unpaired) electrons. The molecule has 0 heterocycles. The first kappa shape index (κ1) is 15.8. The van der Waals surface area contributed by atoms with Gasteiger partial charge in [-0.3, -0.25) is 4.55 Å². The van der Waals surface area contributed by atoms with E-state index in [1.54, 1.807) is 0 Å². The third kappa shape index (κ3) is 8.00. The molecule has 0 aromatic heterocycles. The molecule has 0 aliphatic rings. The van der Waals surface area contributed by atoms with Crippen LogP contribution in [0, 0.1) is 0 Å². The van der Waals surface area contributed by atoms with Gasteiger partial charge in [0.15, 0.2) is 0 Å². The zero-order chi connectivity index (χ0) is 12.4. The Morgan fingerprint density at radius 2 is 1.88 bits per heavy atom. The predicted molar refractivity (Wildman–Crippen MR) is 59.0 cm³/mol. The van der Waals surface area contributed by atoms with Crippen molar-refractivity contribution in [1.29, 1.82) is 0 Å². The fraction of sp³-hybridized carbons (Fsp3) is 1.00. The Hall–Kier alpha value is -0.210. The Balaban J connectivity index is 3.93. The van der Waals surface area contributed by atoms with Crippen molar-refractivity contribution in [2.24, 2.45) is 0 Å². The van der Waals surface area contributed by atoms with E-state index in [2.05, 4.69) is 0 Å². The quantitative estimate of drug-likeness (QED) is 0.424. The van der Waals surface area contributed by atoms with Crippen LogP contribution in [0.3, 0.4) is 0 Å². The van der Waals surface area contributed by atoms with Crippen LogP contribution in [0.15, 0.2) is 0 Å². The smallest absolute Gasteiger partial charge is 0.270 e. The minimum atomic E-state index is -4.12. The Morgan fingerprint density at radius 3 is 2.38 bits per heavy atom. The van der Waals surface area contributed by atoms with Crippen LogP contribution < -0.4 is 0 Å². The highest BCUT2D eigenvalue weighted by atomic mass is 32.2. The first-order valence-corrected chi connectivity index (χ1v) is 6.75. The van der Waals surface area contributed by atoms with Crippen molar-refractivity contribution in [1.82, 2.24) is 0 Å². The van der Waals surface area contributed by atoms with E-state index >= 15 is 0 Å². The molecule has 2 N–H and O–H groups in total. The summed E-state index contributed by atoms with van der Waals surface area (Å²) in [5, 5.41) is 7.48. The first-order chi connectivity index (χ1) is 7.52. The highest BCUT2D eigenvalue weighted by Gasteiger charge is 2.22. The molecule has 0 spiro atoms. The van der Waals surface area contributed by atoms with Crippen LogP contribution in [0.2, 0.25) is 0 Å². The average Bonchev–Trinajstić information content (AvgIpc) is 2.20. The van der Waals surface area contributed by atoms with Gasteiger partial charge in [-0.1, -0.05) is 6.92 Å². The molecule has 0 aromatic carbocycles. The van der Waals surface area contributed by atoms with Gasteiger partial charge in [0, 0.05) is 13.2 Å². The molecular weight excluding hydrogens is 236 g/mol. The highest BCUT2D eigenvalue weighted by Crippen LogP contribution is 2.05. The number of hydrogen-bond donors (Lipinski definition) is 2. The number of hydrogen-bond acceptors (Lipinski definition) is 5. The largest absolute Gasteiger partial charge is 0.394 e. The maximum atomic E-state index is 10.9. The molecular formula is C9H20O6S. The molecule has 0 fully saturated rings. The standard InChI is InChI=1S/C9H20O6S/c1-2-5-14-6-3-9(16(11,12)13)8-15-7-4-10/h9-10H,2-8H2,1H3,(H,11,12,13). The average molecular weight is 256 g/mol. The molecule has 98 valence electrons. The van der Waals surface area contributed by atoms with Gasteiger partial charge in [0.1, 0.15) is 5.25 Å². The molecule has 7 heteroatoms. The van der Waals surface area contributed by atoms with Crippen LogP contribution in [0.1, 0.15) is 19.8 Å². The van der Waals surface area contributed by atoms with E-state index in [-0.39, 0.29) is 32.8 Å². The SMILES string of the molecule is CCCOCCC(COCCO)S(=O)(=O)O. The van der Waals surface area contributed by atoms with E-state index in [0.29, 0.717) is 6.61 Å². The molecule has 0 saturated heterocycles. The lowest BCUT2D eigenvalue weighted by atomic mass is 10.3. The Bertz CT molecular complexity index is 251. The second kappa shape index (κ2) is 8.89. The summed E-state index contributed by atoms with van der Waals surface area (Å²) in [6, 6.07) is 0. The third-order valence-corrected chi connectivity index (χ3v) is 3.11. The summed E-state index contributed by atoms with van der Waals surface area (Å²) >= 11 is 0. The van der Waals surface area contributed by atoms with Crippen molar-refractivity contribution >= 4 is 10.1 Å². The molecule has 0 aromatic rings. The van der Waals surface area contributed by atoms with Crippen molar-refractivity contribution in [3.8, 4) is 0 Å². The first-order valence-electron chi connectivity index (χ1n) is 5.25. The third-order valence-electron chi connectivity index (χ3n) is 1.89. The Labute approximate surface area is 96.3 Å². The van der Waals surface area contributed by atoms with Crippen molar-refractivity contribution in [3.05, 3.63) is 0 Å². The lowest BCUT2D eigenvalue weighted by Gasteiger charge is -2.13. The zero-order valence-corrected chi connectivity index (χ0v) is 10.3. The van der Waals surface area contributed by atoms with Gasteiger partial charge < -0.3 is 14.6 Å². The van der Waals surface area contributed by atoms with Gasteiger partial charge in [-0.05, 0) is 12.8 Å². The van der Waals surface area contributed by atoms with E-state index in [1.807, 2.05) is 6.92 Å². The maximum absolute atomic E-state index is 10.9. The number of aliphatic hydroxyl groups excluding tert-OH is 1. The number of ether oxygens (including phenoxy) is 2. The van der Waals surface area contributed by atoms with Crippen LogP contribution in [-0.4, -0.2) is 56.4 Å². The second-order valence-electron chi connectivity index (χ2n) is 3.34.